The van der Waals surface area contributed by atoms with E-state index >= 15 is 0 Å². The lowest BCUT2D eigenvalue weighted by atomic mass is 10.1. The van der Waals surface area contributed by atoms with Gasteiger partial charge in [-0.1, -0.05) is 0 Å². The van der Waals surface area contributed by atoms with Crippen molar-refractivity contribution in [3.05, 3.63) is 0 Å². The highest BCUT2D eigenvalue weighted by molar-refractivity contribution is 5.69. The number of rotatable bonds is 7. The molecule has 0 aromatic rings. The van der Waals surface area contributed by atoms with E-state index in [2.05, 4.69) is 0 Å². The predicted molar refractivity (Wildman–Crippen MR) is 59.0 cm³/mol. The Kier molecular flexibility index (Phi) is 6.55. The molecule has 0 heterocycles. The Morgan fingerprint density at radius 1 is 1.38 bits per heavy atom. The summed E-state index contributed by atoms with van der Waals surface area (Å²) in [5, 5.41) is 18.2. The second kappa shape index (κ2) is 6.83. The maximum absolute atomic E-state index is 11.2. The van der Waals surface area contributed by atoms with Crippen LogP contribution in [0.3, 0.4) is 0 Å². The van der Waals surface area contributed by atoms with Crippen molar-refractivity contribution >= 4 is 5.97 Å². The first kappa shape index (κ1) is 15.3. The minimum absolute atomic E-state index is 0.189. The van der Waals surface area contributed by atoms with E-state index in [1.165, 1.54) is 6.92 Å². The number of esters is 1. The molecule has 0 bridgehead atoms. The highest BCUT2D eigenvalue weighted by Gasteiger charge is 2.19. The van der Waals surface area contributed by atoms with E-state index in [4.69, 9.17) is 14.6 Å². The van der Waals surface area contributed by atoms with Crippen molar-refractivity contribution in [3.63, 3.8) is 0 Å². The van der Waals surface area contributed by atoms with Gasteiger partial charge >= 0.3 is 5.97 Å². The second-order valence-electron chi connectivity index (χ2n) is 4.45. The Hall–Kier alpha value is -0.650. The van der Waals surface area contributed by atoms with Crippen LogP contribution in [0.1, 0.15) is 33.6 Å². The molecule has 0 spiro atoms. The lowest BCUT2D eigenvalue weighted by Crippen LogP contribution is -2.28. The van der Waals surface area contributed by atoms with Crippen LogP contribution >= 0.6 is 0 Å². The quantitative estimate of drug-likeness (QED) is 0.626. The first-order valence-electron chi connectivity index (χ1n) is 5.35. The van der Waals surface area contributed by atoms with Crippen LogP contribution in [-0.2, 0) is 14.3 Å². The van der Waals surface area contributed by atoms with Gasteiger partial charge in [-0.15, -0.1) is 0 Å². The van der Waals surface area contributed by atoms with Crippen LogP contribution in [0.5, 0.6) is 0 Å². The van der Waals surface area contributed by atoms with Gasteiger partial charge in [-0.05, 0) is 20.8 Å². The summed E-state index contributed by atoms with van der Waals surface area (Å²) in [4.78, 5) is 11.2. The highest BCUT2D eigenvalue weighted by atomic mass is 16.5. The minimum Gasteiger partial charge on any atom is -0.465 e. The van der Waals surface area contributed by atoms with Gasteiger partial charge in [0.2, 0.25) is 0 Å². The topological polar surface area (TPSA) is 76.0 Å². The number of carbonyl (C=O) groups excluding carboxylic acids is 1. The fourth-order valence-electron chi connectivity index (χ4n) is 0.913. The Morgan fingerprint density at radius 2 is 1.94 bits per heavy atom. The summed E-state index contributed by atoms with van der Waals surface area (Å²) < 4.78 is 10.1. The van der Waals surface area contributed by atoms with E-state index in [0.29, 0.717) is 6.42 Å². The summed E-state index contributed by atoms with van der Waals surface area (Å²) >= 11 is 0. The molecule has 2 unspecified atom stereocenters. The number of ether oxygens (including phenoxy) is 2. The van der Waals surface area contributed by atoms with Crippen molar-refractivity contribution in [2.24, 2.45) is 0 Å². The molecule has 0 fully saturated rings. The van der Waals surface area contributed by atoms with Crippen LogP contribution < -0.4 is 0 Å². The largest absolute Gasteiger partial charge is 0.465 e. The smallest absolute Gasteiger partial charge is 0.308 e. The van der Waals surface area contributed by atoms with Crippen molar-refractivity contribution < 1.29 is 24.5 Å². The second-order valence-corrected chi connectivity index (χ2v) is 4.45. The molecule has 96 valence electrons. The normalized spacial score (nSPS) is 15.6. The maximum atomic E-state index is 11.2. The van der Waals surface area contributed by atoms with Gasteiger partial charge in [-0.2, -0.15) is 0 Å². The van der Waals surface area contributed by atoms with Crippen LogP contribution in [0.25, 0.3) is 0 Å². The Morgan fingerprint density at radius 3 is 2.38 bits per heavy atom. The highest BCUT2D eigenvalue weighted by Crippen LogP contribution is 2.12. The standard InChI is InChI=1S/C11H22O5/c1-8(12)9(13)7-10(14)16-6-5-11(2,3)15-4/h8-9,12-13H,5-7H2,1-4H3. The zero-order valence-corrected chi connectivity index (χ0v) is 10.4. The SMILES string of the molecule is COC(C)(C)CCOC(=O)CC(O)C(C)O. The molecule has 0 saturated heterocycles. The van der Waals surface area contributed by atoms with E-state index in [9.17, 15) is 9.90 Å². The molecule has 0 aromatic carbocycles. The van der Waals surface area contributed by atoms with Gasteiger partial charge in [0.05, 0.1) is 30.8 Å². The molecule has 2 atom stereocenters. The fraction of sp³-hybridized carbons (Fsp3) is 0.909. The number of methoxy groups -OCH3 is 1. The third-order valence-electron chi connectivity index (χ3n) is 2.45. The summed E-state index contributed by atoms with van der Waals surface area (Å²) in [6, 6.07) is 0. The zero-order valence-electron chi connectivity index (χ0n) is 10.4. The molecule has 0 aromatic heterocycles. The van der Waals surface area contributed by atoms with Crippen molar-refractivity contribution in [1.82, 2.24) is 0 Å². The van der Waals surface area contributed by atoms with E-state index in [-0.39, 0.29) is 18.6 Å². The number of aliphatic hydroxyl groups excluding tert-OH is 2. The van der Waals surface area contributed by atoms with Crippen LogP contribution in [0.2, 0.25) is 0 Å². The first-order valence-corrected chi connectivity index (χ1v) is 5.35. The molecule has 0 saturated carbocycles. The maximum Gasteiger partial charge on any atom is 0.308 e. The van der Waals surface area contributed by atoms with Gasteiger partial charge in [0.1, 0.15) is 0 Å². The number of aliphatic hydroxyl groups is 2. The van der Waals surface area contributed by atoms with Crippen molar-refractivity contribution in [2.75, 3.05) is 13.7 Å². The summed E-state index contributed by atoms with van der Waals surface area (Å²) in [5.74, 6) is -0.514. The van der Waals surface area contributed by atoms with E-state index in [0.717, 1.165) is 0 Å². The molecule has 2 N–H and O–H groups in total. The van der Waals surface area contributed by atoms with Gasteiger partial charge < -0.3 is 19.7 Å². The number of hydrogen-bond acceptors (Lipinski definition) is 5. The van der Waals surface area contributed by atoms with E-state index < -0.39 is 18.2 Å². The molecule has 16 heavy (non-hydrogen) atoms. The van der Waals surface area contributed by atoms with Crippen LogP contribution in [-0.4, -0.2) is 47.7 Å². The molecule has 5 nitrogen and oxygen atoms in total. The van der Waals surface area contributed by atoms with E-state index in [1.807, 2.05) is 13.8 Å². The van der Waals surface area contributed by atoms with Gasteiger partial charge in [0, 0.05) is 13.5 Å². The molecular weight excluding hydrogens is 212 g/mol. The monoisotopic (exact) mass is 234 g/mol. The van der Waals surface area contributed by atoms with Gasteiger partial charge in [-0.3, -0.25) is 4.79 Å². The lowest BCUT2D eigenvalue weighted by molar-refractivity contribution is -0.149. The molecule has 0 aliphatic rings. The molecule has 0 rings (SSSR count). The van der Waals surface area contributed by atoms with E-state index in [1.54, 1.807) is 7.11 Å². The minimum atomic E-state index is -1.07. The van der Waals surface area contributed by atoms with Gasteiger partial charge in [-0.25, -0.2) is 0 Å². The third kappa shape index (κ3) is 6.76. The Bertz CT molecular complexity index is 212. The summed E-state index contributed by atoms with van der Waals surface area (Å²) in [5.41, 5.74) is -0.330. The average Bonchev–Trinajstić information content (AvgIpc) is 2.17. The number of hydrogen-bond donors (Lipinski definition) is 2. The van der Waals surface area contributed by atoms with Crippen LogP contribution in [0, 0.1) is 0 Å². The number of carbonyl (C=O) groups is 1. The fourth-order valence-corrected chi connectivity index (χ4v) is 0.913. The third-order valence-corrected chi connectivity index (χ3v) is 2.45. The van der Waals surface area contributed by atoms with Crippen molar-refractivity contribution in [3.8, 4) is 0 Å². The zero-order chi connectivity index (χ0) is 12.8. The molecule has 0 aliphatic heterocycles. The van der Waals surface area contributed by atoms with Crippen LogP contribution in [0.4, 0.5) is 0 Å². The predicted octanol–water partition coefficient (Wildman–Crippen LogP) is 0.477. The van der Waals surface area contributed by atoms with Crippen molar-refractivity contribution in [2.45, 2.75) is 51.4 Å². The summed E-state index contributed by atoms with van der Waals surface area (Å²) in [7, 11) is 1.60. The molecule has 0 amide bonds. The summed E-state index contributed by atoms with van der Waals surface area (Å²) in [6.07, 6.45) is -1.60. The average molecular weight is 234 g/mol. The molecule has 0 aliphatic carbocycles. The summed E-state index contributed by atoms with van der Waals surface area (Å²) in [6.45, 7) is 5.45. The van der Waals surface area contributed by atoms with Crippen molar-refractivity contribution in [1.29, 1.82) is 0 Å². The molecule has 5 heteroatoms. The first-order chi connectivity index (χ1) is 7.28. The molecule has 0 radical (unpaired) electrons. The Balaban J connectivity index is 3.75. The molecular formula is C11H22O5. The Labute approximate surface area is 96.4 Å². The van der Waals surface area contributed by atoms with Gasteiger partial charge in [0.25, 0.3) is 0 Å². The van der Waals surface area contributed by atoms with Crippen LogP contribution in [0.15, 0.2) is 0 Å². The lowest BCUT2D eigenvalue weighted by Gasteiger charge is -2.22. The van der Waals surface area contributed by atoms with Gasteiger partial charge in [0.15, 0.2) is 0 Å².